The fourth-order valence-electron chi connectivity index (χ4n) is 2.53. The lowest BCUT2D eigenvalue weighted by Crippen LogP contribution is -2.07. The van der Waals surface area contributed by atoms with E-state index in [-0.39, 0.29) is 11.6 Å². The first-order valence-corrected chi connectivity index (χ1v) is 8.93. The number of carbonyl (C=O) groups is 2. The number of aryl methyl sites for hydroxylation is 2. The van der Waals surface area contributed by atoms with Crippen LogP contribution in [0.2, 0.25) is 0 Å². The lowest BCUT2D eigenvalue weighted by atomic mass is 9.93. The Morgan fingerprint density at radius 1 is 1.00 bits per heavy atom. The van der Waals surface area contributed by atoms with E-state index < -0.39 is 10.8 Å². The third-order valence-electron chi connectivity index (χ3n) is 3.82. The zero-order chi connectivity index (χ0) is 17.1. The average molecular weight is 328 g/mol. The number of hydrogen-bond acceptors (Lipinski definition) is 3. The highest BCUT2D eigenvalue weighted by molar-refractivity contribution is 7.84. The molecule has 0 spiro atoms. The Labute approximate surface area is 139 Å². The average Bonchev–Trinajstić information content (AvgIpc) is 2.49. The fourth-order valence-corrected chi connectivity index (χ4v) is 3.05. The van der Waals surface area contributed by atoms with Crippen molar-refractivity contribution in [3.8, 4) is 0 Å². The third-order valence-corrected chi connectivity index (χ3v) is 4.75. The first kappa shape index (κ1) is 17.3. The van der Waals surface area contributed by atoms with E-state index in [0.717, 1.165) is 16.7 Å². The van der Waals surface area contributed by atoms with Crippen molar-refractivity contribution in [2.45, 2.75) is 32.1 Å². The fraction of sp³-hybridized carbons (Fsp3) is 0.263. The second-order valence-corrected chi connectivity index (χ2v) is 7.16. The van der Waals surface area contributed by atoms with Crippen LogP contribution in [0.1, 0.15) is 39.5 Å². The van der Waals surface area contributed by atoms with Gasteiger partial charge in [0.05, 0.1) is 0 Å². The number of hydrogen-bond donors (Lipinski definition) is 0. The Balaban J connectivity index is 2.37. The third kappa shape index (κ3) is 4.02. The lowest BCUT2D eigenvalue weighted by molar-refractivity contribution is -0.116. The van der Waals surface area contributed by atoms with Crippen LogP contribution < -0.4 is 0 Å². The molecule has 0 saturated heterocycles. The van der Waals surface area contributed by atoms with Crippen LogP contribution in [0.5, 0.6) is 0 Å². The van der Waals surface area contributed by atoms with Gasteiger partial charge < -0.3 is 0 Å². The van der Waals surface area contributed by atoms with Crippen molar-refractivity contribution < 1.29 is 13.8 Å². The van der Waals surface area contributed by atoms with Crippen molar-refractivity contribution in [2.75, 3.05) is 6.26 Å². The summed E-state index contributed by atoms with van der Waals surface area (Å²) in [5.41, 5.74) is 3.98. The van der Waals surface area contributed by atoms with Gasteiger partial charge in [-0.2, -0.15) is 0 Å². The molecular weight excluding hydrogens is 308 g/mol. The maximum atomic E-state index is 12.7. The van der Waals surface area contributed by atoms with E-state index in [1.807, 2.05) is 26.0 Å². The van der Waals surface area contributed by atoms with Gasteiger partial charge in [0.1, 0.15) is 5.78 Å². The summed E-state index contributed by atoms with van der Waals surface area (Å²) in [4.78, 5) is 24.7. The minimum atomic E-state index is -1.06. The number of rotatable bonds is 5. The van der Waals surface area contributed by atoms with Gasteiger partial charge in [-0.15, -0.1) is 0 Å². The molecule has 120 valence electrons. The summed E-state index contributed by atoms with van der Waals surface area (Å²) in [6, 6.07) is 10.6. The van der Waals surface area contributed by atoms with Crippen LogP contribution in [0, 0.1) is 13.8 Å². The standard InChI is InChI=1S/C19H20O3S/c1-12-10-18(13(2)9-16(12)11-14(3)20)19(21)15-5-7-17(8-6-15)23(4)22/h5-10H,11H2,1-4H3. The van der Waals surface area contributed by atoms with Gasteiger partial charge in [0, 0.05) is 39.5 Å². The van der Waals surface area contributed by atoms with Gasteiger partial charge in [0.2, 0.25) is 0 Å². The van der Waals surface area contributed by atoms with Gasteiger partial charge >= 0.3 is 0 Å². The molecule has 23 heavy (non-hydrogen) atoms. The molecule has 0 aliphatic carbocycles. The molecule has 1 atom stereocenters. The molecule has 4 heteroatoms. The van der Waals surface area contributed by atoms with Gasteiger partial charge in [0.15, 0.2) is 5.78 Å². The van der Waals surface area contributed by atoms with E-state index in [1.54, 1.807) is 37.4 Å². The number of Topliss-reactive ketones (excluding diaryl/α,β-unsaturated/α-hetero) is 1. The summed E-state index contributed by atoms with van der Waals surface area (Å²) in [7, 11) is -1.06. The van der Waals surface area contributed by atoms with Crippen LogP contribution >= 0.6 is 0 Å². The molecule has 0 bridgehead atoms. The van der Waals surface area contributed by atoms with Crippen molar-refractivity contribution in [3.63, 3.8) is 0 Å². The SMILES string of the molecule is CC(=O)Cc1cc(C)c(C(=O)c2ccc(S(C)=O)cc2)cc1C. The molecule has 0 radical (unpaired) electrons. The summed E-state index contributed by atoms with van der Waals surface area (Å²) in [5, 5.41) is 0. The summed E-state index contributed by atoms with van der Waals surface area (Å²) in [6.07, 6.45) is 2.00. The monoisotopic (exact) mass is 328 g/mol. The summed E-state index contributed by atoms with van der Waals surface area (Å²) in [5.74, 6) is 0.0446. The van der Waals surface area contributed by atoms with Crippen molar-refractivity contribution in [3.05, 3.63) is 64.2 Å². The molecule has 2 aromatic carbocycles. The Hall–Kier alpha value is -2.07. The maximum absolute atomic E-state index is 12.7. The predicted molar refractivity (Wildman–Crippen MR) is 92.5 cm³/mol. The molecule has 0 heterocycles. The largest absolute Gasteiger partial charge is 0.300 e. The normalized spacial score (nSPS) is 12.0. The van der Waals surface area contributed by atoms with Gasteiger partial charge in [-0.05, 0) is 67.8 Å². The van der Waals surface area contributed by atoms with Crippen LogP contribution in [-0.2, 0) is 22.0 Å². The van der Waals surface area contributed by atoms with Gasteiger partial charge in [-0.1, -0.05) is 6.07 Å². The smallest absolute Gasteiger partial charge is 0.193 e. The van der Waals surface area contributed by atoms with E-state index in [1.165, 1.54) is 0 Å². The van der Waals surface area contributed by atoms with E-state index >= 15 is 0 Å². The van der Waals surface area contributed by atoms with E-state index in [2.05, 4.69) is 0 Å². The highest BCUT2D eigenvalue weighted by atomic mass is 32.2. The molecule has 2 aromatic rings. The van der Waals surface area contributed by atoms with Gasteiger partial charge in [0.25, 0.3) is 0 Å². The van der Waals surface area contributed by atoms with Crippen LogP contribution in [0.4, 0.5) is 0 Å². The first-order chi connectivity index (χ1) is 10.8. The molecule has 0 aromatic heterocycles. The summed E-state index contributed by atoms with van der Waals surface area (Å²) >= 11 is 0. The molecule has 0 aliphatic heterocycles. The number of benzene rings is 2. The molecule has 3 nitrogen and oxygen atoms in total. The van der Waals surface area contributed by atoms with Crippen molar-refractivity contribution in [1.82, 2.24) is 0 Å². The Bertz CT molecular complexity index is 789. The summed E-state index contributed by atoms with van der Waals surface area (Å²) < 4.78 is 11.4. The molecule has 0 saturated carbocycles. The molecule has 0 fully saturated rings. The molecule has 0 N–H and O–H groups in total. The Kier molecular flexibility index (Phi) is 5.26. The van der Waals surface area contributed by atoms with E-state index in [9.17, 15) is 13.8 Å². The van der Waals surface area contributed by atoms with Crippen LogP contribution in [0.25, 0.3) is 0 Å². The zero-order valence-electron chi connectivity index (χ0n) is 13.8. The predicted octanol–water partition coefficient (Wildman–Crippen LogP) is 3.40. The second kappa shape index (κ2) is 7.01. The van der Waals surface area contributed by atoms with Crippen molar-refractivity contribution in [1.29, 1.82) is 0 Å². The van der Waals surface area contributed by atoms with Crippen molar-refractivity contribution in [2.24, 2.45) is 0 Å². The van der Waals surface area contributed by atoms with E-state index in [0.29, 0.717) is 22.4 Å². The van der Waals surface area contributed by atoms with Crippen LogP contribution in [-0.4, -0.2) is 22.0 Å². The maximum Gasteiger partial charge on any atom is 0.193 e. The van der Waals surface area contributed by atoms with Crippen LogP contribution in [0.15, 0.2) is 41.3 Å². The first-order valence-electron chi connectivity index (χ1n) is 7.37. The van der Waals surface area contributed by atoms with Crippen molar-refractivity contribution >= 4 is 22.4 Å². The minimum Gasteiger partial charge on any atom is -0.300 e. The number of carbonyl (C=O) groups excluding carboxylic acids is 2. The topological polar surface area (TPSA) is 51.2 Å². The highest BCUT2D eigenvalue weighted by Gasteiger charge is 2.15. The minimum absolute atomic E-state index is 0.0617. The quantitative estimate of drug-likeness (QED) is 0.790. The van der Waals surface area contributed by atoms with Gasteiger partial charge in [-0.3, -0.25) is 13.8 Å². The Morgan fingerprint density at radius 3 is 2.13 bits per heavy atom. The Morgan fingerprint density at radius 2 is 1.61 bits per heavy atom. The molecule has 1 unspecified atom stereocenters. The molecule has 2 rings (SSSR count). The molecular formula is C19H20O3S. The zero-order valence-corrected chi connectivity index (χ0v) is 14.6. The summed E-state index contributed by atoms with van der Waals surface area (Å²) in [6.45, 7) is 5.36. The molecule has 0 aliphatic rings. The van der Waals surface area contributed by atoms with Crippen LogP contribution in [0.3, 0.4) is 0 Å². The van der Waals surface area contributed by atoms with Gasteiger partial charge in [-0.25, -0.2) is 0 Å². The second-order valence-electron chi connectivity index (χ2n) is 5.78. The molecule has 0 amide bonds. The lowest BCUT2D eigenvalue weighted by Gasteiger charge is -2.11. The number of ketones is 2. The van der Waals surface area contributed by atoms with E-state index in [4.69, 9.17) is 0 Å². The highest BCUT2D eigenvalue weighted by Crippen LogP contribution is 2.21.